The van der Waals surface area contributed by atoms with Crippen molar-refractivity contribution in [3.63, 3.8) is 0 Å². The third kappa shape index (κ3) is 3.82. The van der Waals surface area contributed by atoms with Crippen LogP contribution in [0.1, 0.15) is 12.0 Å². The molecule has 1 unspecified atom stereocenters. The Bertz CT molecular complexity index is 369. The van der Waals surface area contributed by atoms with Gasteiger partial charge >= 0.3 is 0 Å². The van der Waals surface area contributed by atoms with Gasteiger partial charge < -0.3 is 5.32 Å². The first-order valence-electron chi connectivity index (χ1n) is 5.91. The van der Waals surface area contributed by atoms with E-state index in [2.05, 4.69) is 5.32 Å². The maximum Gasteiger partial charge on any atom is 0.234 e. The van der Waals surface area contributed by atoms with Crippen LogP contribution in [0, 0.1) is 0 Å². The minimum Gasteiger partial charge on any atom is -0.351 e. The largest absolute Gasteiger partial charge is 0.351 e. The first-order chi connectivity index (χ1) is 8.24. The van der Waals surface area contributed by atoms with Crippen LogP contribution in [0.4, 0.5) is 4.39 Å². The number of halogens is 1. The summed E-state index contributed by atoms with van der Waals surface area (Å²) in [5.74, 6) is -0.0389. The van der Waals surface area contributed by atoms with Crippen molar-refractivity contribution in [3.05, 3.63) is 35.9 Å². The molecule has 1 aromatic rings. The topological polar surface area (TPSA) is 32.3 Å². The second-order valence-corrected chi connectivity index (χ2v) is 4.38. The monoisotopic (exact) mass is 236 g/mol. The van der Waals surface area contributed by atoms with Crippen molar-refractivity contribution in [1.29, 1.82) is 0 Å². The fraction of sp³-hybridized carbons (Fsp3) is 0.462. The number of hydrogen-bond donors (Lipinski definition) is 1. The van der Waals surface area contributed by atoms with Gasteiger partial charge in [0.15, 0.2) is 0 Å². The van der Waals surface area contributed by atoms with E-state index in [1.54, 1.807) is 0 Å². The van der Waals surface area contributed by atoms with Crippen LogP contribution in [0.15, 0.2) is 30.3 Å². The second-order valence-electron chi connectivity index (χ2n) is 4.38. The Labute approximate surface area is 101 Å². The lowest BCUT2D eigenvalue weighted by atomic mass is 10.2. The fourth-order valence-electron chi connectivity index (χ4n) is 1.98. The predicted molar refractivity (Wildman–Crippen MR) is 64.2 cm³/mol. The first-order valence-corrected chi connectivity index (χ1v) is 5.91. The number of carbonyl (C=O) groups is 1. The molecule has 1 N–H and O–H groups in total. The number of nitrogens with one attached hydrogen (secondary N) is 1. The molecule has 0 aliphatic carbocycles. The highest BCUT2D eigenvalue weighted by molar-refractivity contribution is 5.78. The number of alkyl halides is 1. The number of benzene rings is 1. The van der Waals surface area contributed by atoms with E-state index in [1.165, 1.54) is 0 Å². The zero-order valence-corrected chi connectivity index (χ0v) is 9.73. The van der Waals surface area contributed by atoms with E-state index in [1.807, 2.05) is 35.2 Å². The Kier molecular flexibility index (Phi) is 4.09. The zero-order valence-electron chi connectivity index (χ0n) is 9.73. The van der Waals surface area contributed by atoms with Gasteiger partial charge in [0.05, 0.1) is 6.54 Å². The van der Waals surface area contributed by atoms with Crippen molar-refractivity contribution in [2.24, 2.45) is 0 Å². The second kappa shape index (κ2) is 5.77. The molecular weight excluding hydrogens is 219 g/mol. The summed E-state index contributed by atoms with van der Waals surface area (Å²) >= 11 is 0. The molecule has 1 heterocycles. The normalized spacial score (nSPS) is 20.4. The van der Waals surface area contributed by atoms with Crippen molar-refractivity contribution in [1.82, 2.24) is 10.2 Å². The van der Waals surface area contributed by atoms with E-state index < -0.39 is 6.17 Å². The van der Waals surface area contributed by atoms with E-state index in [9.17, 15) is 9.18 Å². The molecule has 1 aliphatic rings. The van der Waals surface area contributed by atoms with Gasteiger partial charge in [0.25, 0.3) is 0 Å². The molecule has 1 saturated heterocycles. The van der Waals surface area contributed by atoms with Crippen LogP contribution >= 0.6 is 0 Å². The van der Waals surface area contributed by atoms with Gasteiger partial charge in [-0.25, -0.2) is 4.39 Å². The predicted octanol–water partition coefficient (Wildman–Crippen LogP) is 1.35. The van der Waals surface area contributed by atoms with Crippen LogP contribution in [-0.4, -0.2) is 36.6 Å². The molecule has 1 fully saturated rings. The summed E-state index contributed by atoms with van der Waals surface area (Å²) in [4.78, 5) is 13.5. The van der Waals surface area contributed by atoms with Crippen LogP contribution < -0.4 is 5.32 Å². The minimum atomic E-state index is -0.767. The molecule has 0 spiro atoms. The van der Waals surface area contributed by atoms with Gasteiger partial charge in [0.2, 0.25) is 5.91 Å². The van der Waals surface area contributed by atoms with Gasteiger partial charge in [0.1, 0.15) is 6.17 Å². The zero-order chi connectivity index (χ0) is 12.1. The van der Waals surface area contributed by atoms with E-state index >= 15 is 0 Å². The molecule has 1 atom stereocenters. The number of likely N-dealkylation sites (tertiary alicyclic amines) is 1. The number of hydrogen-bond acceptors (Lipinski definition) is 2. The number of carbonyl (C=O) groups excluding carboxylic acids is 1. The fourth-order valence-corrected chi connectivity index (χ4v) is 1.98. The molecule has 0 saturated carbocycles. The van der Waals surface area contributed by atoms with Gasteiger partial charge in [-0.1, -0.05) is 30.3 Å². The van der Waals surface area contributed by atoms with E-state index in [0.29, 0.717) is 32.6 Å². The third-order valence-corrected chi connectivity index (χ3v) is 2.91. The minimum absolute atomic E-state index is 0.0389. The van der Waals surface area contributed by atoms with Crippen LogP contribution in [-0.2, 0) is 11.3 Å². The number of nitrogens with zero attached hydrogens (tertiary/aromatic N) is 1. The third-order valence-electron chi connectivity index (χ3n) is 2.91. The van der Waals surface area contributed by atoms with E-state index in [-0.39, 0.29) is 5.91 Å². The summed E-state index contributed by atoms with van der Waals surface area (Å²) in [7, 11) is 0. The van der Waals surface area contributed by atoms with Gasteiger partial charge in [-0.05, 0) is 12.0 Å². The quantitative estimate of drug-likeness (QED) is 0.855. The smallest absolute Gasteiger partial charge is 0.234 e. The molecule has 1 aliphatic heterocycles. The van der Waals surface area contributed by atoms with Gasteiger partial charge in [0, 0.05) is 19.6 Å². The molecule has 1 amide bonds. The Morgan fingerprint density at radius 2 is 2.18 bits per heavy atom. The lowest BCUT2D eigenvalue weighted by Gasteiger charge is -2.14. The maximum absolute atomic E-state index is 12.9. The van der Waals surface area contributed by atoms with Crippen molar-refractivity contribution >= 4 is 5.91 Å². The van der Waals surface area contributed by atoms with Gasteiger partial charge in [-0.2, -0.15) is 0 Å². The van der Waals surface area contributed by atoms with Gasteiger partial charge in [-0.15, -0.1) is 0 Å². The molecule has 92 valence electrons. The maximum atomic E-state index is 12.9. The van der Waals surface area contributed by atoms with E-state index in [4.69, 9.17) is 0 Å². The van der Waals surface area contributed by atoms with Crippen molar-refractivity contribution in [3.8, 4) is 0 Å². The molecule has 2 rings (SSSR count). The summed E-state index contributed by atoms with van der Waals surface area (Å²) in [5, 5.41) is 2.84. The Morgan fingerprint density at radius 1 is 1.41 bits per heavy atom. The van der Waals surface area contributed by atoms with E-state index in [0.717, 1.165) is 5.56 Å². The standard InChI is InChI=1S/C13H17FN2O/c14-12-6-7-16(9-12)10-13(17)15-8-11-4-2-1-3-5-11/h1-5,12H,6-10H2,(H,15,17). The lowest BCUT2D eigenvalue weighted by Crippen LogP contribution is -2.35. The van der Waals surface area contributed by atoms with Crippen molar-refractivity contribution in [2.75, 3.05) is 19.6 Å². The highest BCUT2D eigenvalue weighted by Gasteiger charge is 2.23. The Hall–Kier alpha value is -1.42. The average Bonchev–Trinajstić information content (AvgIpc) is 2.73. The lowest BCUT2D eigenvalue weighted by molar-refractivity contribution is -0.122. The summed E-state index contributed by atoms with van der Waals surface area (Å²) in [6.45, 7) is 1.90. The van der Waals surface area contributed by atoms with Crippen LogP contribution in [0.5, 0.6) is 0 Å². The summed E-state index contributed by atoms with van der Waals surface area (Å²) < 4.78 is 12.9. The molecule has 4 heteroatoms. The van der Waals surface area contributed by atoms with Crippen LogP contribution in [0.2, 0.25) is 0 Å². The first kappa shape index (κ1) is 12.0. The molecule has 0 aromatic heterocycles. The Balaban J connectivity index is 1.71. The molecule has 1 aromatic carbocycles. The molecule has 0 bridgehead atoms. The average molecular weight is 236 g/mol. The van der Waals surface area contributed by atoms with Crippen LogP contribution in [0.25, 0.3) is 0 Å². The SMILES string of the molecule is O=C(CN1CCC(F)C1)NCc1ccccc1. The summed E-state index contributed by atoms with van der Waals surface area (Å²) in [6, 6.07) is 9.75. The summed E-state index contributed by atoms with van der Waals surface area (Å²) in [6.07, 6.45) is -0.219. The van der Waals surface area contributed by atoms with Crippen molar-refractivity contribution < 1.29 is 9.18 Å². The van der Waals surface area contributed by atoms with Crippen LogP contribution in [0.3, 0.4) is 0 Å². The summed E-state index contributed by atoms with van der Waals surface area (Å²) in [5.41, 5.74) is 1.07. The number of rotatable bonds is 4. The molecule has 3 nitrogen and oxygen atoms in total. The molecule has 17 heavy (non-hydrogen) atoms. The molecular formula is C13H17FN2O. The molecule has 0 radical (unpaired) electrons. The van der Waals surface area contributed by atoms with Crippen molar-refractivity contribution in [2.45, 2.75) is 19.1 Å². The Morgan fingerprint density at radius 3 is 2.82 bits per heavy atom. The number of amides is 1. The highest BCUT2D eigenvalue weighted by Crippen LogP contribution is 2.11. The highest BCUT2D eigenvalue weighted by atomic mass is 19.1. The van der Waals surface area contributed by atoms with Gasteiger partial charge in [-0.3, -0.25) is 9.69 Å².